The summed E-state index contributed by atoms with van der Waals surface area (Å²) in [4.78, 5) is 40.5. The SMILES string of the molecule is COc1ccc(CCCCOC(=O)[C@@H]2CCCCN2C(=O)C(=O)c2cc(OC)c(OC)c(OC)c2)cc1. The van der Waals surface area contributed by atoms with E-state index in [0.717, 1.165) is 25.0 Å². The molecule has 3 rings (SSSR count). The smallest absolute Gasteiger partial charge is 0.328 e. The minimum Gasteiger partial charge on any atom is -0.497 e. The number of hydrogen-bond donors (Lipinski definition) is 0. The van der Waals surface area contributed by atoms with Crippen molar-refractivity contribution in [2.24, 2.45) is 0 Å². The molecule has 200 valence electrons. The lowest BCUT2D eigenvalue weighted by Crippen LogP contribution is -2.51. The summed E-state index contributed by atoms with van der Waals surface area (Å²) < 4.78 is 26.5. The number of aryl methyl sites for hydroxylation is 1. The van der Waals surface area contributed by atoms with Crippen LogP contribution in [0, 0.1) is 0 Å². The highest BCUT2D eigenvalue weighted by Gasteiger charge is 2.36. The topological polar surface area (TPSA) is 101 Å². The van der Waals surface area contributed by atoms with Crippen LogP contribution in [0.2, 0.25) is 0 Å². The maximum absolute atomic E-state index is 13.2. The van der Waals surface area contributed by atoms with Gasteiger partial charge in [0, 0.05) is 12.1 Å². The number of ketones is 1. The summed E-state index contributed by atoms with van der Waals surface area (Å²) in [6.07, 6.45) is 4.35. The van der Waals surface area contributed by atoms with Crippen LogP contribution in [0.25, 0.3) is 0 Å². The summed E-state index contributed by atoms with van der Waals surface area (Å²) in [6, 6.07) is 9.95. The summed E-state index contributed by atoms with van der Waals surface area (Å²) >= 11 is 0. The lowest BCUT2D eigenvalue weighted by Gasteiger charge is -2.33. The molecule has 9 nitrogen and oxygen atoms in total. The lowest BCUT2D eigenvalue weighted by atomic mass is 10.00. The summed E-state index contributed by atoms with van der Waals surface area (Å²) in [5.41, 5.74) is 1.28. The van der Waals surface area contributed by atoms with E-state index in [2.05, 4.69) is 0 Å². The monoisotopic (exact) mass is 513 g/mol. The van der Waals surface area contributed by atoms with Crippen LogP contribution in [-0.2, 0) is 20.7 Å². The van der Waals surface area contributed by atoms with Gasteiger partial charge in [-0.05, 0) is 68.4 Å². The van der Waals surface area contributed by atoms with E-state index in [4.69, 9.17) is 23.7 Å². The molecular formula is C28H35NO8. The maximum atomic E-state index is 13.2. The fourth-order valence-corrected chi connectivity index (χ4v) is 4.38. The van der Waals surface area contributed by atoms with E-state index in [1.54, 1.807) is 7.11 Å². The molecule has 2 aromatic carbocycles. The number of amides is 1. The molecule has 37 heavy (non-hydrogen) atoms. The fraction of sp³-hybridized carbons (Fsp3) is 0.464. The second kappa shape index (κ2) is 13.5. The average Bonchev–Trinajstić information content (AvgIpc) is 2.95. The minimum atomic E-state index is -0.783. The second-order valence-electron chi connectivity index (χ2n) is 8.73. The van der Waals surface area contributed by atoms with Crippen molar-refractivity contribution in [2.75, 3.05) is 41.6 Å². The Hall–Kier alpha value is -3.75. The molecule has 0 aromatic heterocycles. The number of hydrogen-bond acceptors (Lipinski definition) is 8. The number of piperidine rings is 1. The summed E-state index contributed by atoms with van der Waals surface area (Å²) in [6.45, 7) is 0.570. The van der Waals surface area contributed by atoms with Crippen LogP contribution < -0.4 is 18.9 Å². The molecule has 0 radical (unpaired) electrons. The van der Waals surface area contributed by atoms with Crippen molar-refractivity contribution in [3.8, 4) is 23.0 Å². The summed E-state index contributed by atoms with van der Waals surface area (Å²) in [5, 5.41) is 0. The van der Waals surface area contributed by atoms with Crippen LogP contribution >= 0.6 is 0 Å². The van der Waals surface area contributed by atoms with Crippen molar-refractivity contribution in [1.82, 2.24) is 4.90 Å². The molecule has 0 saturated carbocycles. The highest BCUT2D eigenvalue weighted by atomic mass is 16.5. The van der Waals surface area contributed by atoms with Crippen LogP contribution in [0.5, 0.6) is 23.0 Å². The number of benzene rings is 2. The molecule has 0 bridgehead atoms. The van der Waals surface area contributed by atoms with Crippen molar-refractivity contribution < 1.29 is 38.1 Å². The van der Waals surface area contributed by atoms with Gasteiger partial charge in [0.25, 0.3) is 11.7 Å². The van der Waals surface area contributed by atoms with E-state index in [-0.39, 0.29) is 23.7 Å². The van der Waals surface area contributed by atoms with Gasteiger partial charge >= 0.3 is 5.97 Å². The van der Waals surface area contributed by atoms with E-state index in [1.165, 1.54) is 43.9 Å². The van der Waals surface area contributed by atoms with Gasteiger partial charge in [0.2, 0.25) is 5.75 Å². The van der Waals surface area contributed by atoms with Gasteiger partial charge in [0.05, 0.1) is 35.0 Å². The third kappa shape index (κ3) is 6.93. The van der Waals surface area contributed by atoms with Crippen molar-refractivity contribution in [2.45, 2.75) is 44.6 Å². The Morgan fingerprint density at radius 1 is 0.865 bits per heavy atom. The number of likely N-dealkylation sites (tertiary alicyclic amines) is 1. The number of esters is 1. The van der Waals surface area contributed by atoms with Gasteiger partial charge in [0.1, 0.15) is 11.8 Å². The normalized spacial score (nSPS) is 15.0. The van der Waals surface area contributed by atoms with Gasteiger partial charge in [-0.1, -0.05) is 12.1 Å². The zero-order valence-corrected chi connectivity index (χ0v) is 21.9. The zero-order chi connectivity index (χ0) is 26.8. The molecule has 0 aliphatic carbocycles. The molecule has 1 aliphatic heterocycles. The van der Waals surface area contributed by atoms with Gasteiger partial charge < -0.3 is 28.6 Å². The molecule has 0 N–H and O–H groups in total. The minimum absolute atomic E-state index is 0.0933. The van der Waals surface area contributed by atoms with Gasteiger partial charge in [0.15, 0.2) is 11.5 Å². The number of methoxy groups -OCH3 is 4. The number of carbonyl (C=O) groups is 3. The number of nitrogens with zero attached hydrogens (tertiary/aromatic N) is 1. The molecular weight excluding hydrogens is 478 g/mol. The van der Waals surface area contributed by atoms with Crippen molar-refractivity contribution in [3.63, 3.8) is 0 Å². The van der Waals surface area contributed by atoms with E-state index in [9.17, 15) is 14.4 Å². The molecule has 0 spiro atoms. The van der Waals surface area contributed by atoms with Gasteiger partial charge in [-0.2, -0.15) is 0 Å². The van der Waals surface area contributed by atoms with Crippen LogP contribution in [0.4, 0.5) is 0 Å². The Balaban J connectivity index is 1.59. The molecule has 2 aromatic rings. The van der Waals surface area contributed by atoms with Crippen molar-refractivity contribution >= 4 is 17.7 Å². The summed E-state index contributed by atoms with van der Waals surface area (Å²) in [7, 11) is 5.95. The predicted molar refractivity (Wildman–Crippen MR) is 137 cm³/mol. The molecule has 9 heteroatoms. The van der Waals surface area contributed by atoms with E-state index >= 15 is 0 Å². The van der Waals surface area contributed by atoms with Gasteiger partial charge in [-0.3, -0.25) is 9.59 Å². The van der Waals surface area contributed by atoms with Gasteiger partial charge in [-0.15, -0.1) is 0 Å². The van der Waals surface area contributed by atoms with Crippen molar-refractivity contribution in [3.05, 3.63) is 47.5 Å². The number of rotatable bonds is 12. The van der Waals surface area contributed by atoms with Crippen LogP contribution in [0.15, 0.2) is 36.4 Å². The van der Waals surface area contributed by atoms with E-state index in [1.807, 2.05) is 24.3 Å². The first-order valence-electron chi connectivity index (χ1n) is 12.4. The predicted octanol–water partition coefficient (Wildman–Crippen LogP) is 3.85. The first-order chi connectivity index (χ1) is 17.9. The van der Waals surface area contributed by atoms with E-state index < -0.39 is 23.7 Å². The van der Waals surface area contributed by atoms with Crippen molar-refractivity contribution in [1.29, 1.82) is 0 Å². The largest absolute Gasteiger partial charge is 0.497 e. The van der Waals surface area contributed by atoms with E-state index in [0.29, 0.717) is 31.6 Å². The molecule has 1 atom stereocenters. The average molecular weight is 514 g/mol. The standard InChI is InChI=1S/C28H35NO8/c1-33-21-13-11-19(12-14-21)9-6-8-16-37-28(32)22-10-5-7-15-29(22)27(31)25(30)20-17-23(34-2)26(36-4)24(18-20)35-3/h11-14,17-18,22H,5-10,15-16H2,1-4H3/t22-/m0/s1. The Bertz CT molecular complexity index is 1060. The molecule has 1 heterocycles. The highest BCUT2D eigenvalue weighted by molar-refractivity contribution is 6.43. The number of carbonyl (C=O) groups excluding carboxylic acids is 3. The maximum Gasteiger partial charge on any atom is 0.328 e. The third-order valence-electron chi connectivity index (χ3n) is 6.42. The first-order valence-corrected chi connectivity index (χ1v) is 12.4. The first kappa shape index (κ1) is 27.8. The molecule has 1 saturated heterocycles. The molecule has 0 unspecified atom stereocenters. The molecule has 1 fully saturated rings. The van der Waals surface area contributed by atoms with Crippen LogP contribution in [-0.4, -0.2) is 70.2 Å². The number of Topliss-reactive ketones (excluding diaryl/α,β-unsaturated/α-hetero) is 1. The Labute approximate surface area is 217 Å². The number of ether oxygens (including phenoxy) is 5. The van der Waals surface area contributed by atoms with Crippen LogP contribution in [0.1, 0.15) is 48.0 Å². The Kier molecular flexibility index (Phi) is 10.2. The lowest BCUT2D eigenvalue weighted by molar-refractivity contribution is -0.155. The number of unbranched alkanes of at least 4 members (excludes halogenated alkanes) is 1. The second-order valence-corrected chi connectivity index (χ2v) is 8.73. The Morgan fingerprint density at radius 3 is 2.14 bits per heavy atom. The van der Waals surface area contributed by atoms with Crippen LogP contribution in [0.3, 0.4) is 0 Å². The molecule has 1 aliphatic rings. The Morgan fingerprint density at radius 2 is 1.54 bits per heavy atom. The fourth-order valence-electron chi connectivity index (χ4n) is 4.38. The quantitative estimate of drug-likeness (QED) is 0.183. The summed E-state index contributed by atoms with van der Waals surface area (Å²) in [5.74, 6) is -0.318. The highest BCUT2D eigenvalue weighted by Crippen LogP contribution is 2.38. The molecule has 1 amide bonds. The third-order valence-corrected chi connectivity index (χ3v) is 6.42. The van der Waals surface area contributed by atoms with Gasteiger partial charge in [-0.25, -0.2) is 4.79 Å². The zero-order valence-electron chi connectivity index (χ0n) is 21.9.